The first-order valence-electron chi connectivity index (χ1n) is 4.61. The van der Waals surface area contributed by atoms with Crippen molar-refractivity contribution in [2.45, 2.75) is 12.8 Å². The van der Waals surface area contributed by atoms with Crippen molar-refractivity contribution in [2.75, 3.05) is 13.7 Å². The van der Waals surface area contributed by atoms with Gasteiger partial charge in [0.2, 0.25) is 0 Å². The van der Waals surface area contributed by atoms with E-state index >= 15 is 0 Å². The van der Waals surface area contributed by atoms with Crippen molar-refractivity contribution < 1.29 is 18.7 Å². The SMILES string of the molecule is COC(=O)CCCNC(=O)c1ccoc1. The molecule has 1 rings (SSSR count). The summed E-state index contributed by atoms with van der Waals surface area (Å²) >= 11 is 0. The van der Waals surface area contributed by atoms with E-state index in [1.54, 1.807) is 6.07 Å². The van der Waals surface area contributed by atoms with E-state index in [4.69, 9.17) is 4.42 Å². The third kappa shape index (κ3) is 3.84. The van der Waals surface area contributed by atoms with Crippen LogP contribution in [0.15, 0.2) is 23.0 Å². The first kappa shape index (κ1) is 11.3. The van der Waals surface area contributed by atoms with Crippen LogP contribution in [0, 0.1) is 0 Å². The van der Waals surface area contributed by atoms with Gasteiger partial charge in [-0.1, -0.05) is 0 Å². The fourth-order valence-electron chi connectivity index (χ4n) is 1.03. The van der Waals surface area contributed by atoms with Crippen LogP contribution in [0.2, 0.25) is 0 Å². The van der Waals surface area contributed by atoms with E-state index in [0.29, 0.717) is 24.9 Å². The predicted molar refractivity (Wildman–Crippen MR) is 52.3 cm³/mol. The highest BCUT2D eigenvalue weighted by Gasteiger charge is 2.06. The average molecular weight is 211 g/mol. The Morgan fingerprint density at radius 1 is 1.53 bits per heavy atom. The van der Waals surface area contributed by atoms with Crippen LogP contribution in [0.1, 0.15) is 23.2 Å². The molecule has 0 bridgehead atoms. The van der Waals surface area contributed by atoms with E-state index in [1.807, 2.05) is 0 Å². The van der Waals surface area contributed by atoms with E-state index in [-0.39, 0.29) is 11.9 Å². The van der Waals surface area contributed by atoms with Gasteiger partial charge in [0.1, 0.15) is 6.26 Å². The Labute approximate surface area is 87.4 Å². The lowest BCUT2D eigenvalue weighted by Gasteiger charge is -2.02. The molecule has 82 valence electrons. The predicted octanol–water partition coefficient (Wildman–Crippen LogP) is 0.963. The summed E-state index contributed by atoms with van der Waals surface area (Å²) in [4.78, 5) is 22.1. The minimum absolute atomic E-state index is 0.200. The van der Waals surface area contributed by atoms with Crippen molar-refractivity contribution >= 4 is 11.9 Å². The number of esters is 1. The van der Waals surface area contributed by atoms with E-state index in [2.05, 4.69) is 10.1 Å². The number of furan rings is 1. The number of carbonyl (C=O) groups excluding carboxylic acids is 2. The van der Waals surface area contributed by atoms with Crippen molar-refractivity contribution in [2.24, 2.45) is 0 Å². The molecule has 1 heterocycles. The van der Waals surface area contributed by atoms with Gasteiger partial charge in [0, 0.05) is 13.0 Å². The number of hydrogen-bond donors (Lipinski definition) is 1. The van der Waals surface area contributed by atoms with E-state index in [9.17, 15) is 9.59 Å². The summed E-state index contributed by atoms with van der Waals surface area (Å²) in [5, 5.41) is 2.66. The summed E-state index contributed by atoms with van der Waals surface area (Å²) in [6.45, 7) is 0.444. The molecule has 15 heavy (non-hydrogen) atoms. The van der Waals surface area contributed by atoms with Gasteiger partial charge in [0.15, 0.2) is 0 Å². The summed E-state index contributed by atoms with van der Waals surface area (Å²) in [7, 11) is 1.34. The highest BCUT2D eigenvalue weighted by Crippen LogP contribution is 1.99. The van der Waals surface area contributed by atoms with Crippen LogP contribution >= 0.6 is 0 Å². The number of carbonyl (C=O) groups is 2. The van der Waals surface area contributed by atoms with Gasteiger partial charge in [0.05, 0.1) is 18.9 Å². The zero-order valence-electron chi connectivity index (χ0n) is 8.49. The molecule has 0 atom stereocenters. The molecule has 1 aromatic heterocycles. The van der Waals surface area contributed by atoms with Gasteiger partial charge in [-0.15, -0.1) is 0 Å². The lowest BCUT2D eigenvalue weighted by atomic mass is 10.3. The average Bonchev–Trinajstić information content (AvgIpc) is 2.77. The quantitative estimate of drug-likeness (QED) is 0.582. The molecule has 0 radical (unpaired) electrons. The van der Waals surface area contributed by atoms with Crippen molar-refractivity contribution in [3.05, 3.63) is 24.2 Å². The van der Waals surface area contributed by atoms with Gasteiger partial charge >= 0.3 is 5.97 Å². The maximum absolute atomic E-state index is 11.3. The normalized spacial score (nSPS) is 9.67. The lowest BCUT2D eigenvalue weighted by molar-refractivity contribution is -0.140. The number of methoxy groups -OCH3 is 1. The van der Waals surface area contributed by atoms with Gasteiger partial charge in [-0.2, -0.15) is 0 Å². The van der Waals surface area contributed by atoms with Crippen molar-refractivity contribution in [3.63, 3.8) is 0 Å². The fourth-order valence-corrected chi connectivity index (χ4v) is 1.03. The Morgan fingerprint density at radius 2 is 2.33 bits per heavy atom. The van der Waals surface area contributed by atoms with Crippen LogP contribution in [0.4, 0.5) is 0 Å². The maximum Gasteiger partial charge on any atom is 0.305 e. The van der Waals surface area contributed by atoms with Crippen molar-refractivity contribution in [1.29, 1.82) is 0 Å². The third-order valence-electron chi connectivity index (χ3n) is 1.85. The molecule has 5 heteroatoms. The summed E-state index contributed by atoms with van der Waals surface area (Å²) < 4.78 is 9.23. The maximum atomic E-state index is 11.3. The van der Waals surface area contributed by atoms with Crippen LogP contribution in [0.25, 0.3) is 0 Å². The Balaban J connectivity index is 2.16. The minimum Gasteiger partial charge on any atom is -0.472 e. The van der Waals surface area contributed by atoms with Crippen LogP contribution in [0.5, 0.6) is 0 Å². The highest BCUT2D eigenvalue weighted by molar-refractivity contribution is 5.93. The van der Waals surface area contributed by atoms with Crippen LogP contribution < -0.4 is 5.32 Å². The van der Waals surface area contributed by atoms with Gasteiger partial charge in [-0.05, 0) is 12.5 Å². The highest BCUT2D eigenvalue weighted by atomic mass is 16.5. The molecule has 0 aliphatic heterocycles. The number of ether oxygens (including phenoxy) is 1. The summed E-state index contributed by atoms with van der Waals surface area (Å²) in [6, 6.07) is 1.58. The monoisotopic (exact) mass is 211 g/mol. The van der Waals surface area contributed by atoms with Gasteiger partial charge in [-0.3, -0.25) is 9.59 Å². The molecule has 1 N–H and O–H groups in total. The topological polar surface area (TPSA) is 68.5 Å². The van der Waals surface area contributed by atoms with Crippen LogP contribution in [-0.4, -0.2) is 25.5 Å². The van der Waals surface area contributed by atoms with Crippen molar-refractivity contribution in [3.8, 4) is 0 Å². The second kappa shape index (κ2) is 5.85. The standard InChI is InChI=1S/C10H13NO4/c1-14-9(12)3-2-5-11-10(13)8-4-6-15-7-8/h4,6-7H,2-3,5H2,1H3,(H,11,13). The first-order valence-corrected chi connectivity index (χ1v) is 4.61. The fraction of sp³-hybridized carbons (Fsp3) is 0.400. The Bertz CT molecular complexity index is 318. The Morgan fingerprint density at radius 3 is 2.93 bits per heavy atom. The molecule has 0 fully saturated rings. The molecular formula is C10H13NO4. The molecule has 0 saturated heterocycles. The van der Waals surface area contributed by atoms with E-state index < -0.39 is 0 Å². The molecule has 1 amide bonds. The summed E-state index contributed by atoms with van der Waals surface area (Å²) in [6.07, 6.45) is 3.68. The number of rotatable bonds is 5. The van der Waals surface area contributed by atoms with Gasteiger partial charge < -0.3 is 14.5 Å². The van der Waals surface area contributed by atoms with E-state index in [1.165, 1.54) is 19.6 Å². The molecule has 0 unspecified atom stereocenters. The first-order chi connectivity index (χ1) is 7.24. The largest absolute Gasteiger partial charge is 0.472 e. The molecule has 0 spiro atoms. The van der Waals surface area contributed by atoms with Gasteiger partial charge in [0.25, 0.3) is 5.91 Å². The molecular weight excluding hydrogens is 198 g/mol. The summed E-state index contributed by atoms with van der Waals surface area (Å²) in [5.74, 6) is -0.471. The molecule has 0 aromatic carbocycles. The van der Waals surface area contributed by atoms with Crippen molar-refractivity contribution in [1.82, 2.24) is 5.32 Å². The minimum atomic E-state index is -0.271. The summed E-state index contributed by atoms with van der Waals surface area (Å²) in [5.41, 5.74) is 0.480. The molecule has 0 saturated carbocycles. The smallest absolute Gasteiger partial charge is 0.305 e. The Kier molecular flexibility index (Phi) is 4.40. The molecule has 0 aliphatic carbocycles. The molecule has 1 aromatic rings. The van der Waals surface area contributed by atoms with Crippen LogP contribution in [0.3, 0.4) is 0 Å². The number of hydrogen-bond acceptors (Lipinski definition) is 4. The Hall–Kier alpha value is -1.78. The zero-order chi connectivity index (χ0) is 11.1. The zero-order valence-corrected chi connectivity index (χ0v) is 8.49. The second-order valence-electron chi connectivity index (χ2n) is 2.95. The molecule has 5 nitrogen and oxygen atoms in total. The number of nitrogens with one attached hydrogen (secondary N) is 1. The second-order valence-corrected chi connectivity index (χ2v) is 2.95. The molecule has 0 aliphatic rings. The lowest BCUT2D eigenvalue weighted by Crippen LogP contribution is -2.24. The van der Waals surface area contributed by atoms with Gasteiger partial charge in [-0.25, -0.2) is 0 Å². The van der Waals surface area contributed by atoms with E-state index in [0.717, 1.165) is 0 Å². The number of amides is 1. The third-order valence-corrected chi connectivity index (χ3v) is 1.85. The van der Waals surface area contributed by atoms with Crippen LogP contribution in [-0.2, 0) is 9.53 Å².